The van der Waals surface area contributed by atoms with Gasteiger partial charge in [-0.1, -0.05) is 51.1 Å². The van der Waals surface area contributed by atoms with Gasteiger partial charge in [-0.05, 0) is 25.4 Å². The smallest absolute Gasteiger partial charge is 0.288 e. The SMILES string of the molecule is CC(C)(C)SC1=C(P(C2=C[CH]C=C[CH-]2)c2ccccc2)C=C=C1.[C]1=C=C=C=[C-]1.[Fe+2]. The van der Waals surface area contributed by atoms with Gasteiger partial charge in [0.05, 0.1) is 0 Å². The molecule has 1 atom stereocenters. The Morgan fingerprint density at radius 2 is 1.86 bits per heavy atom. The number of rotatable bonds is 4. The van der Waals surface area contributed by atoms with Crippen LogP contribution in [-0.2, 0) is 17.1 Å². The molecule has 0 bridgehead atoms. The van der Waals surface area contributed by atoms with Gasteiger partial charge >= 0.3 is 17.1 Å². The second-order valence-corrected chi connectivity index (χ2v) is 11.1. The van der Waals surface area contributed by atoms with Crippen LogP contribution < -0.4 is 5.30 Å². The maximum absolute atomic E-state index is 3.34. The fourth-order valence-electron chi connectivity index (χ4n) is 2.67. The molecule has 0 saturated carbocycles. The van der Waals surface area contributed by atoms with Crippen molar-refractivity contribution in [1.82, 2.24) is 0 Å². The summed E-state index contributed by atoms with van der Waals surface area (Å²) in [5.41, 5.74) is 10.8. The summed E-state index contributed by atoms with van der Waals surface area (Å²) in [6.07, 6.45) is 20.2. The molecule has 0 aliphatic heterocycles. The quantitative estimate of drug-likeness (QED) is 0.211. The van der Waals surface area contributed by atoms with E-state index in [-0.39, 0.29) is 21.8 Å². The second kappa shape index (κ2) is 11.4. The van der Waals surface area contributed by atoms with Crippen molar-refractivity contribution in [2.24, 2.45) is 0 Å². The van der Waals surface area contributed by atoms with Crippen molar-refractivity contribution in [3.05, 3.63) is 124 Å². The van der Waals surface area contributed by atoms with Crippen LogP contribution in [0.25, 0.3) is 0 Å². The molecule has 0 saturated heterocycles. The van der Waals surface area contributed by atoms with Gasteiger partial charge in [-0.2, -0.15) is 24.6 Å². The molecule has 0 N–H and O–H groups in total. The minimum atomic E-state index is -0.535. The van der Waals surface area contributed by atoms with Gasteiger partial charge in [-0.25, -0.2) is 5.73 Å². The molecule has 4 rings (SSSR count). The van der Waals surface area contributed by atoms with E-state index in [1.165, 1.54) is 20.8 Å². The minimum Gasteiger partial charge on any atom is -0.288 e. The van der Waals surface area contributed by atoms with Crippen LogP contribution in [0.4, 0.5) is 0 Å². The number of benzene rings is 1. The van der Waals surface area contributed by atoms with E-state index in [4.69, 9.17) is 0 Å². The molecule has 3 heteroatoms. The van der Waals surface area contributed by atoms with Crippen LogP contribution in [0.3, 0.4) is 0 Å². The van der Waals surface area contributed by atoms with Crippen molar-refractivity contribution in [3.8, 4) is 0 Å². The molecular weight excluding hydrogens is 431 g/mol. The predicted molar refractivity (Wildman–Crippen MR) is 123 cm³/mol. The van der Waals surface area contributed by atoms with Crippen LogP contribution >= 0.6 is 19.7 Å². The van der Waals surface area contributed by atoms with Gasteiger partial charge in [0, 0.05) is 15.0 Å². The molecule has 3 aliphatic rings. The van der Waals surface area contributed by atoms with E-state index in [1.807, 2.05) is 11.8 Å². The molecule has 0 aromatic heterocycles. The average molecular weight is 452 g/mol. The minimum absolute atomic E-state index is 0. The van der Waals surface area contributed by atoms with E-state index in [2.05, 4.69) is 129 Å². The molecule has 3 aliphatic carbocycles. The summed E-state index contributed by atoms with van der Waals surface area (Å²) in [4.78, 5) is 1.36. The van der Waals surface area contributed by atoms with Gasteiger partial charge in [-0.3, -0.25) is 11.5 Å². The fourth-order valence-corrected chi connectivity index (χ4v) is 6.31. The number of thioether (sulfide) groups is 1. The molecule has 29 heavy (non-hydrogen) atoms. The van der Waals surface area contributed by atoms with Gasteiger partial charge in [-0.15, -0.1) is 41.4 Å². The zero-order chi connectivity index (χ0) is 19.8. The molecule has 0 heterocycles. The molecule has 0 fully saturated rings. The Bertz CT molecular complexity index is 992. The first-order chi connectivity index (χ1) is 13.5. The summed E-state index contributed by atoms with van der Waals surface area (Å²) in [5, 5.41) is 4.20. The monoisotopic (exact) mass is 452 g/mol. The Kier molecular flexibility index (Phi) is 9.24. The van der Waals surface area contributed by atoms with E-state index in [0.29, 0.717) is 0 Å². The standard InChI is InChI=1S/C21H21PS.C5.Fe/c1-21(2,3)23-20-16-10-15-19(20)22(17-11-6-4-7-12-17)18-13-8-5-9-14-18;1-2-4-5-3-1;/h4-9,11-16H,1-3H3;;/q2*-1;+2. The van der Waals surface area contributed by atoms with Crippen molar-refractivity contribution in [3.63, 3.8) is 0 Å². The Balaban J connectivity index is 0.000000437. The maximum atomic E-state index is 3.34. The van der Waals surface area contributed by atoms with E-state index < -0.39 is 7.92 Å². The van der Waals surface area contributed by atoms with E-state index >= 15 is 0 Å². The molecule has 0 amide bonds. The molecule has 2 radical (unpaired) electrons. The van der Waals surface area contributed by atoms with E-state index in [1.54, 1.807) is 0 Å². The van der Waals surface area contributed by atoms with Crippen molar-refractivity contribution in [2.45, 2.75) is 25.5 Å². The van der Waals surface area contributed by atoms with E-state index in [9.17, 15) is 0 Å². The largest absolute Gasteiger partial charge is 2.00 e. The first kappa shape index (κ1) is 23.5. The molecule has 1 aromatic carbocycles. The average Bonchev–Trinajstić information content (AvgIpc) is 3.39. The Labute approximate surface area is 191 Å². The van der Waals surface area contributed by atoms with E-state index in [0.717, 1.165) is 0 Å². The maximum Gasteiger partial charge on any atom is 2.00 e. The van der Waals surface area contributed by atoms with Crippen LogP contribution in [0.5, 0.6) is 0 Å². The van der Waals surface area contributed by atoms with Crippen LogP contribution in [0.15, 0.2) is 99.2 Å². The molecule has 1 unspecified atom stereocenters. The van der Waals surface area contributed by atoms with Crippen LogP contribution in [0.1, 0.15) is 20.8 Å². The van der Waals surface area contributed by atoms with Crippen molar-refractivity contribution in [1.29, 1.82) is 0 Å². The topological polar surface area (TPSA) is 0 Å². The van der Waals surface area contributed by atoms with Crippen LogP contribution in [0.2, 0.25) is 0 Å². The van der Waals surface area contributed by atoms with Crippen molar-refractivity contribution < 1.29 is 17.1 Å². The normalized spacial score (nSPS) is 16.3. The zero-order valence-corrected chi connectivity index (χ0v) is 19.5. The molecular formula is C26H21FePS. The summed E-state index contributed by atoms with van der Waals surface area (Å²) in [7, 11) is -0.535. The molecule has 1 aromatic rings. The molecule has 0 spiro atoms. The van der Waals surface area contributed by atoms with Gasteiger partial charge < -0.3 is 0 Å². The predicted octanol–water partition coefficient (Wildman–Crippen LogP) is 6.75. The van der Waals surface area contributed by atoms with Gasteiger partial charge in [0.2, 0.25) is 0 Å². The van der Waals surface area contributed by atoms with Gasteiger partial charge in [0.25, 0.3) is 0 Å². The number of hydrogen-bond acceptors (Lipinski definition) is 1. The Morgan fingerprint density at radius 3 is 2.41 bits per heavy atom. The summed E-state index contributed by atoms with van der Waals surface area (Å²) < 4.78 is 0.200. The summed E-state index contributed by atoms with van der Waals surface area (Å²) in [6.45, 7) is 6.80. The van der Waals surface area contributed by atoms with Gasteiger partial charge in [0.1, 0.15) is 0 Å². The number of hydrogen-bond donors (Lipinski definition) is 0. The summed E-state index contributed by atoms with van der Waals surface area (Å²) in [6, 6.07) is 10.9. The van der Waals surface area contributed by atoms with Crippen LogP contribution in [-0.4, -0.2) is 4.75 Å². The Hall–Kier alpha value is -1.79. The first-order valence-electron chi connectivity index (χ1n) is 9.06. The third-order valence-electron chi connectivity index (χ3n) is 3.69. The second-order valence-electron chi connectivity index (χ2n) is 7.05. The summed E-state index contributed by atoms with van der Waals surface area (Å²) >= 11 is 1.94. The molecule has 144 valence electrons. The Morgan fingerprint density at radius 1 is 1.07 bits per heavy atom. The summed E-state index contributed by atoms with van der Waals surface area (Å²) in [5.74, 6) is 0. The third-order valence-corrected chi connectivity index (χ3v) is 7.49. The third kappa shape index (κ3) is 7.19. The van der Waals surface area contributed by atoms with Crippen molar-refractivity contribution >= 4 is 25.0 Å². The molecule has 0 nitrogen and oxygen atoms in total. The number of allylic oxidation sites excluding steroid dienone is 8. The fraction of sp³-hybridized carbons (Fsp3) is 0.154. The zero-order valence-electron chi connectivity index (χ0n) is 16.6. The van der Waals surface area contributed by atoms with Crippen molar-refractivity contribution in [2.75, 3.05) is 0 Å². The van der Waals surface area contributed by atoms with Crippen LogP contribution in [0, 0.1) is 25.0 Å². The van der Waals surface area contributed by atoms with Gasteiger partial charge in [0.15, 0.2) is 0 Å². The first-order valence-corrected chi connectivity index (χ1v) is 11.2.